The molecule has 0 nitrogen and oxygen atoms in total. The molecule has 1 atom stereocenters. The van der Waals surface area contributed by atoms with Crippen molar-refractivity contribution in [1.29, 1.82) is 0 Å². The lowest BCUT2D eigenvalue weighted by Crippen LogP contribution is -1.84. The quantitative estimate of drug-likeness (QED) is 0.350. The monoisotopic (exact) mass is 105 g/mol. The summed E-state index contributed by atoms with van der Waals surface area (Å²) in [5.41, 5.74) is 0. The van der Waals surface area contributed by atoms with Crippen LogP contribution in [0.15, 0.2) is 0 Å². The lowest BCUT2D eigenvalue weighted by molar-refractivity contribution is 2.10. The maximum Gasteiger partial charge on any atom is 0.0692 e. The number of hydrogen-bond donors (Lipinski definition) is 0. The maximum atomic E-state index is 2.34. The van der Waals surface area contributed by atoms with E-state index in [1.165, 1.54) is 8.13 Å². The van der Waals surface area contributed by atoms with E-state index in [1.807, 2.05) is 0 Å². The summed E-state index contributed by atoms with van der Waals surface area (Å²) in [6.07, 6.45) is 0. The minimum Gasteiger partial charge on any atom is -0.139 e. The lowest BCUT2D eigenvalue weighted by atomic mass is 11.9. The van der Waals surface area contributed by atoms with Gasteiger partial charge in [-0.15, -0.1) is 8.13 Å². The fourth-order valence-electron chi connectivity index (χ4n) is 0. The van der Waals surface area contributed by atoms with Crippen LogP contribution in [-0.4, -0.2) is 15.1 Å². The topological polar surface area (TPSA) is 0 Å². The van der Waals surface area contributed by atoms with E-state index in [2.05, 4.69) is 19.8 Å². The summed E-state index contributed by atoms with van der Waals surface area (Å²) < 4.78 is 0. The Kier molecular flexibility index (Phi) is 3.23. The number of rotatable bonds is 1. The highest BCUT2D eigenvalue weighted by molar-refractivity contribution is 7.75. The molecule has 0 N–H and O–H groups in total. The number of hydrogen-bond acceptors (Lipinski definition) is 0. The Hall–Kier alpha value is 0.647. The van der Waals surface area contributed by atoms with Crippen LogP contribution < -0.4 is 0 Å². The zero-order chi connectivity index (χ0) is 4.28. The molecule has 2 heteroatoms. The fraction of sp³-hybridized carbons (Fsp3) is 1.00. The third kappa shape index (κ3) is 4.65. The van der Waals surface area contributed by atoms with Gasteiger partial charge in [-0.05, 0) is 0 Å². The van der Waals surface area contributed by atoms with Gasteiger partial charge in [-0.25, -0.2) is 0 Å². The molecule has 0 saturated carbocycles. The maximum absolute atomic E-state index is 2.34. The third-order valence-electron chi connectivity index (χ3n) is 0.500. The van der Waals surface area contributed by atoms with E-state index >= 15 is 0 Å². The zero-order valence-corrected chi connectivity index (χ0v) is 6.00. The van der Waals surface area contributed by atoms with Gasteiger partial charge in [0.2, 0.25) is 0 Å². The van der Waals surface area contributed by atoms with Gasteiger partial charge < -0.3 is 0 Å². The second-order valence-electron chi connectivity index (χ2n) is 1.25. The molecular formula is C3H10PSi. The minimum atomic E-state index is 0.154. The molecule has 0 saturated heterocycles. The largest absolute Gasteiger partial charge is 0.139 e. The van der Waals surface area contributed by atoms with Crippen molar-refractivity contribution >= 4 is 16.6 Å². The van der Waals surface area contributed by atoms with Crippen molar-refractivity contribution in [2.45, 2.75) is 13.1 Å². The molecule has 1 radical (unpaired) electrons. The highest BCUT2D eigenvalue weighted by Crippen LogP contribution is 2.05. The molecule has 5 heavy (non-hydrogen) atoms. The van der Waals surface area contributed by atoms with Gasteiger partial charge in [0.25, 0.3) is 0 Å². The first-order chi connectivity index (χ1) is 2.27. The van der Waals surface area contributed by atoms with Crippen molar-refractivity contribution < 1.29 is 0 Å². The van der Waals surface area contributed by atoms with Gasteiger partial charge in [0, 0.05) is 0 Å². The van der Waals surface area contributed by atoms with Gasteiger partial charge in [-0.3, -0.25) is 0 Å². The van der Waals surface area contributed by atoms with E-state index in [4.69, 9.17) is 0 Å². The summed E-state index contributed by atoms with van der Waals surface area (Å²) in [6.45, 7) is 6.94. The minimum absolute atomic E-state index is 0.154. The van der Waals surface area contributed by atoms with Crippen molar-refractivity contribution in [3.05, 3.63) is 0 Å². The van der Waals surface area contributed by atoms with Gasteiger partial charge in [0.05, 0.1) is 8.46 Å². The van der Waals surface area contributed by atoms with E-state index in [1.54, 1.807) is 0 Å². The van der Waals surface area contributed by atoms with Crippen LogP contribution >= 0.6 is 8.13 Å². The van der Waals surface area contributed by atoms with Gasteiger partial charge in [-0.2, -0.15) is 0 Å². The van der Waals surface area contributed by atoms with E-state index < -0.39 is 0 Å². The molecule has 0 aliphatic heterocycles. The average Bonchev–Trinajstić information content (AvgIpc) is 1.38. The van der Waals surface area contributed by atoms with Crippen molar-refractivity contribution in [2.75, 3.05) is 6.66 Å². The second kappa shape index (κ2) is 2.86. The van der Waals surface area contributed by atoms with E-state index in [0.717, 1.165) is 0 Å². The molecule has 0 aliphatic carbocycles. The molecule has 1 unspecified atom stereocenters. The van der Waals surface area contributed by atoms with Crippen molar-refractivity contribution in [2.24, 2.45) is 0 Å². The highest BCUT2D eigenvalue weighted by Gasteiger charge is 1.83. The smallest absolute Gasteiger partial charge is 0.0692 e. The van der Waals surface area contributed by atoms with E-state index in [0.29, 0.717) is 0 Å². The van der Waals surface area contributed by atoms with Gasteiger partial charge in [-0.1, -0.05) is 19.8 Å². The molecule has 0 fully saturated rings. The predicted molar refractivity (Wildman–Crippen MR) is 31.7 cm³/mol. The van der Waals surface area contributed by atoms with Crippen LogP contribution in [0.25, 0.3) is 0 Å². The van der Waals surface area contributed by atoms with Crippen molar-refractivity contribution in [3.8, 4) is 0 Å². The third-order valence-corrected chi connectivity index (χ3v) is 4.50. The Labute approximate surface area is 37.2 Å². The standard InChI is InChI=1S/C3H10PSi/c1-4-5(2)3/h4H,1-3H3. The highest BCUT2D eigenvalue weighted by atomic mass is 31.3. The second-order valence-corrected chi connectivity index (χ2v) is 8.25. The normalized spacial score (nSPS) is 12.0. The summed E-state index contributed by atoms with van der Waals surface area (Å²) in [5, 5.41) is 0. The molecule has 0 heterocycles. The van der Waals surface area contributed by atoms with Gasteiger partial charge >= 0.3 is 0 Å². The van der Waals surface area contributed by atoms with Gasteiger partial charge in [0.15, 0.2) is 0 Å². The van der Waals surface area contributed by atoms with Crippen LogP contribution in [0.4, 0.5) is 0 Å². The Balaban J connectivity index is 2.54. The lowest BCUT2D eigenvalue weighted by Gasteiger charge is -1.88. The summed E-state index contributed by atoms with van der Waals surface area (Å²) in [4.78, 5) is 0. The Morgan fingerprint density at radius 1 is 1.40 bits per heavy atom. The molecule has 0 aromatic rings. The van der Waals surface area contributed by atoms with Crippen LogP contribution in [0.1, 0.15) is 0 Å². The SMILES string of the molecule is CP[Si](C)C. The molecule has 0 amide bonds. The molecule has 0 bridgehead atoms. The van der Waals surface area contributed by atoms with E-state index in [-0.39, 0.29) is 8.46 Å². The fourth-order valence-corrected chi connectivity index (χ4v) is 0. The van der Waals surface area contributed by atoms with Gasteiger partial charge in [0.1, 0.15) is 0 Å². The van der Waals surface area contributed by atoms with Crippen LogP contribution in [0, 0.1) is 0 Å². The molecule has 0 aromatic carbocycles. The predicted octanol–water partition coefficient (Wildman–Crippen LogP) is 1.55. The first-order valence-corrected chi connectivity index (χ1v) is 6.75. The Morgan fingerprint density at radius 2 is 1.60 bits per heavy atom. The summed E-state index contributed by atoms with van der Waals surface area (Å²) in [6, 6.07) is 0. The first kappa shape index (κ1) is 5.65. The Morgan fingerprint density at radius 3 is 1.60 bits per heavy atom. The Bertz CT molecular complexity index is 20.9. The molecule has 0 aliphatic rings. The molecule has 0 spiro atoms. The summed E-state index contributed by atoms with van der Waals surface area (Å²) in [7, 11) is 1.37. The van der Waals surface area contributed by atoms with Crippen molar-refractivity contribution in [1.82, 2.24) is 0 Å². The first-order valence-electron chi connectivity index (χ1n) is 1.75. The van der Waals surface area contributed by atoms with Crippen molar-refractivity contribution in [3.63, 3.8) is 0 Å². The molecule has 0 rings (SSSR count). The van der Waals surface area contributed by atoms with Crippen LogP contribution in [0.5, 0.6) is 0 Å². The van der Waals surface area contributed by atoms with Crippen LogP contribution in [-0.2, 0) is 0 Å². The molecular weight excluding hydrogens is 95.1 g/mol. The summed E-state index contributed by atoms with van der Waals surface area (Å²) >= 11 is 0. The average molecular weight is 105 g/mol. The molecule has 31 valence electrons. The van der Waals surface area contributed by atoms with Crippen LogP contribution in [0.3, 0.4) is 0 Å². The van der Waals surface area contributed by atoms with E-state index in [9.17, 15) is 0 Å². The zero-order valence-electron chi connectivity index (χ0n) is 4.00. The molecule has 0 aromatic heterocycles. The summed E-state index contributed by atoms with van der Waals surface area (Å²) in [5.74, 6) is 0. The van der Waals surface area contributed by atoms with Crippen LogP contribution in [0.2, 0.25) is 13.1 Å².